The Morgan fingerprint density at radius 2 is 1.10 bits per heavy atom. The standard InChI is InChI=1S/C20H45N7O3/c1-11(2)15(5,22)13(4)29-19(9,26)17(7,24)18(8,25)20(10,27)30-14(21)16(6,23)12(3)28/h13-14H,1,21-27H2,2-10H3. The van der Waals surface area contributed by atoms with Crippen LogP contribution in [0.3, 0.4) is 0 Å². The van der Waals surface area contributed by atoms with Crippen molar-refractivity contribution >= 4 is 5.78 Å². The molecule has 0 fully saturated rings. The third-order valence-electron chi connectivity index (χ3n) is 7.05. The van der Waals surface area contributed by atoms with E-state index in [1.165, 1.54) is 20.8 Å². The van der Waals surface area contributed by atoms with Gasteiger partial charge in [0.25, 0.3) is 0 Å². The van der Waals surface area contributed by atoms with Gasteiger partial charge < -0.3 is 49.6 Å². The van der Waals surface area contributed by atoms with Crippen LogP contribution >= 0.6 is 0 Å². The van der Waals surface area contributed by atoms with Gasteiger partial charge in [0.05, 0.1) is 22.7 Å². The Kier molecular flexibility index (Phi) is 8.26. The molecule has 8 atom stereocenters. The van der Waals surface area contributed by atoms with Gasteiger partial charge in [0.1, 0.15) is 23.2 Å². The monoisotopic (exact) mass is 431 g/mol. The van der Waals surface area contributed by atoms with Crippen LogP contribution in [0.5, 0.6) is 0 Å². The molecule has 0 aliphatic carbocycles. The Morgan fingerprint density at radius 3 is 1.40 bits per heavy atom. The largest absolute Gasteiger partial charge is 0.354 e. The minimum Gasteiger partial charge on any atom is -0.354 e. The van der Waals surface area contributed by atoms with E-state index in [4.69, 9.17) is 49.6 Å². The zero-order valence-corrected chi connectivity index (χ0v) is 20.1. The Bertz CT molecular complexity index is 599. The van der Waals surface area contributed by atoms with Gasteiger partial charge >= 0.3 is 0 Å². The highest BCUT2D eigenvalue weighted by Gasteiger charge is 2.60. The molecule has 0 aromatic carbocycles. The molecule has 0 aromatic rings. The van der Waals surface area contributed by atoms with Gasteiger partial charge in [-0.3, -0.25) is 4.79 Å². The molecule has 0 radical (unpaired) electrons. The fraction of sp³-hybridized carbons (Fsp3) is 0.850. The molecule has 0 saturated carbocycles. The molecule has 10 nitrogen and oxygen atoms in total. The molecule has 8 unspecified atom stereocenters. The van der Waals surface area contributed by atoms with Crippen molar-refractivity contribution in [2.75, 3.05) is 0 Å². The highest BCUT2D eigenvalue weighted by atomic mass is 16.5. The second kappa shape index (κ2) is 8.53. The summed E-state index contributed by atoms with van der Waals surface area (Å²) < 4.78 is 11.9. The van der Waals surface area contributed by atoms with Gasteiger partial charge in [-0.05, 0) is 62.3 Å². The summed E-state index contributed by atoms with van der Waals surface area (Å²) in [6.45, 7) is 18.3. The SMILES string of the molecule is C=C(C)C(C)(N)C(C)OC(C)(N)C(C)(N)C(C)(N)C(C)(N)OC(N)C(C)(N)C(C)=O. The number of ketones is 1. The molecular weight excluding hydrogens is 386 g/mol. The minimum absolute atomic E-state index is 0.372. The van der Waals surface area contributed by atoms with Crippen LogP contribution in [0.25, 0.3) is 0 Å². The summed E-state index contributed by atoms with van der Waals surface area (Å²) in [6.07, 6.45) is -1.80. The fourth-order valence-electron chi connectivity index (χ4n) is 2.70. The van der Waals surface area contributed by atoms with Crippen LogP contribution in [0.1, 0.15) is 62.3 Å². The molecule has 0 bridgehead atoms. The van der Waals surface area contributed by atoms with Crippen molar-refractivity contribution in [1.82, 2.24) is 0 Å². The zero-order valence-electron chi connectivity index (χ0n) is 20.1. The van der Waals surface area contributed by atoms with E-state index in [9.17, 15) is 4.79 Å². The minimum atomic E-state index is -1.65. The summed E-state index contributed by atoms with van der Waals surface area (Å²) in [7, 11) is 0. The maximum absolute atomic E-state index is 11.8. The van der Waals surface area contributed by atoms with Crippen LogP contribution in [0, 0.1) is 0 Å². The molecule has 0 aromatic heterocycles. The lowest BCUT2D eigenvalue weighted by molar-refractivity contribution is -0.197. The van der Waals surface area contributed by atoms with E-state index in [1.54, 1.807) is 41.5 Å². The van der Waals surface area contributed by atoms with Gasteiger partial charge in [-0.2, -0.15) is 0 Å². The van der Waals surface area contributed by atoms with Crippen molar-refractivity contribution in [3.8, 4) is 0 Å². The van der Waals surface area contributed by atoms with Gasteiger partial charge in [-0.1, -0.05) is 12.2 Å². The number of hydrogen-bond donors (Lipinski definition) is 7. The topological polar surface area (TPSA) is 218 Å². The smallest absolute Gasteiger partial charge is 0.153 e. The third-order valence-corrected chi connectivity index (χ3v) is 7.05. The molecular formula is C20H45N7O3. The summed E-state index contributed by atoms with van der Waals surface area (Å²) in [4.78, 5) is 11.8. The average molecular weight is 432 g/mol. The lowest BCUT2D eigenvalue weighted by Crippen LogP contribution is -2.85. The molecule has 14 N–H and O–H groups in total. The van der Waals surface area contributed by atoms with E-state index < -0.39 is 45.9 Å². The van der Waals surface area contributed by atoms with Crippen LogP contribution in [-0.2, 0) is 14.3 Å². The van der Waals surface area contributed by atoms with E-state index in [0.29, 0.717) is 5.57 Å². The molecule has 0 amide bonds. The number of nitrogens with two attached hydrogens (primary N) is 7. The number of Topliss-reactive ketones (excluding diaryl/α,β-unsaturated/α-hetero) is 1. The lowest BCUT2D eigenvalue weighted by Gasteiger charge is -2.57. The highest BCUT2D eigenvalue weighted by Crippen LogP contribution is 2.37. The van der Waals surface area contributed by atoms with Crippen LogP contribution in [0.4, 0.5) is 0 Å². The van der Waals surface area contributed by atoms with Crippen LogP contribution < -0.4 is 40.1 Å². The number of ether oxygens (including phenoxy) is 2. The fourth-order valence-corrected chi connectivity index (χ4v) is 2.70. The quantitative estimate of drug-likeness (QED) is 0.157. The van der Waals surface area contributed by atoms with Gasteiger partial charge in [0, 0.05) is 0 Å². The van der Waals surface area contributed by atoms with Crippen LogP contribution in [0.15, 0.2) is 12.2 Å². The number of carbonyl (C=O) groups excluding carboxylic acids is 1. The van der Waals surface area contributed by atoms with E-state index >= 15 is 0 Å². The summed E-state index contributed by atoms with van der Waals surface area (Å²) in [5.41, 5.74) is 36.7. The van der Waals surface area contributed by atoms with Crippen molar-refractivity contribution in [1.29, 1.82) is 0 Å². The first-order valence-electron chi connectivity index (χ1n) is 9.91. The van der Waals surface area contributed by atoms with Crippen molar-refractivity contribution in [3.63, 3.8) is 0 Å². The van der Waals surface area contributed by atoms with Crippen LogP contribution in [0.2, 0.25) is 0 Å². The molecule has 178 valence electrons. The summed E-state index contributed by atoms with van der Waals surface area (Å²) >= 11 is 0. The van der Waals surface area contributed by atoms with E-state index in [-0.39, 0.29) is 5.78 Å². The normalized spacial score (nSPS) is 26.5. The maximum Gasteiger partial charge on any atom is 0.153 e. The zero-order chi connectivity index (χ0) is 24.7. The van der Waals surface area contributed by atoms with Crippen molar-refractivity contribution < 1.29 is 14.3 Å². The van der Waals surface area contributed by atoms with Gasteiger partial charge in [-0.25, -0.2) is 0 Å². The molecule has 0 spiro atoms. The lowest BCUT2D eigenvalue weighted by atomic mass is 9.68. The Hall–Kier alpha value is -0.950. The van der Waals surface area contributed by atoms with Crippen LogP contribution in [-0.4, -0.2) is 51.7 Å². The number of hydrogen-bond acceptors (Lipinski definition) is 10. The summed E-state index contributed by atoms with van der Waals surface area (Å²) in [5.74, 6) is -0.372. The average Bonchev–Trinajstić information content (AvgIpc) is 2.52. The molecule has 0 aliphatic rings. The Balaban J connectivity index is 5.97. The predicted molar refractivity (Wildman–Crippen MR) is 121 cm³/mol. The molecule has 10 heteroatoms. The van der Waals surface area contributed by atoms with Gasteiger partial charge in [0.2, 0.25) is 0 Å². The Morgan fingerprint density at radius 1 is 0.767 bits per heavy atom. The second-order valence-electron chi connectivity index (χ2n) is 9.82. The predicted octanol–water partition coefficient (Wildman–Crippen LogP) is -0.923. The maximum atomic E-state index is 11.8. The number of carbonyl (C=O) groups is 1. The van der Waals surface area contributed by atoms with E-state index in [1.807, 2.05) is 0 Å². The van der Waals surface area contributed by atoms with E-state index in [2.05, 4.69) is 6.58 Å². The number of rotatable bonds is 11. The first-order chi connectivity index (χ1) is 12.9. The molecule has 30 heavy (non-hydrogen) atoms. The van der Waals surface area contributed by atoms with E-state index in [0.717, 1.165) is 0 Å². The van der Waals surface area contributed by atoms with Crippen molar-refractivity contribution in [3.05, 3.63) is 12.2 Å². The van der Waals surface area contributed by atoms with Gasteiger partial charge in [0.15, 0.2) is 5.78 Å². The molecule has 0 aliphatic heterocycles. The first-order valence-corrected chi connectivity index (χ1v) is 9.91. The Labute approximate surface area is 181 Å². The van der Waals surface area contributed by atoms with Gasteiger partial charge in [-0.15, -0.1) is 0 Å². The molecule has 0 heterocycles. The summed E-state index contributed by atoms with van der Waals surface area (Å²) in [5, 5.41) is 0. The first kappa shape index (κ1) is 29.1. The van der Waals surface area contributed by atoms with Crippen molar-refractivity contribution in [2.45, 2.75) is 108 Å². The third kappa shape index (κ3) is 5.09. The molecule has 0 saturated heterocycles. The highest BCUT2D eigenvalue weighted by molar-refractivity contribution is 5.86. The second-order valence-corrected chi connectivity index (χ2v) is 9.82. The van der Waals surface area contributed by atoms with Crippen molar-refractivity contribution in [2.24, 2.45) is 40.1 Å². The molecule has 0 rings (SSSR count). The summed E-state index contributed by atoms with van der Waals surface area (Å²) in [6, 6.07) is 0.